The smallest absolute Gasteiger partial charge is 0.242 e. The summed E-state index contributed by atoms with van der Waals surface area (Å²) < 4.78 is 28.8. The molecule has 1 heterocycles. The van der Waals surface area contributed by atoms with Crippen LogP contribution in [0.15, 0.2) is 47.4 Å². The molecule has 0 radical (unpaired) electrons. The van der Waals surface area contributed by atoms with Crippen LogP contribution in [0.3, 0.4) is 0 Å². The van der Waals surface area contributed by atoms with E-state index in [9.17, 15) is 18.0 Å². The van der Waals surface area contributed by atoms with Gasteiger partial charge in [0.05, 0.1) is 4.90 Å². The summed E-state index contributed by atoms with van der Waals surface area (Å²) in [6, 6.07) is 10.4. The van der Waals surface area contributed by atoms with Gasteiger partial charge in [-0.15, -0.1) is 0 Å². The summed E-state index contributed by atoms with van der Waals surface area (Å²) in [6.07, 6.45) is 1.32. The highest BCUT2D eigenvalue weighted by Gasteiger charge is 2.29. The summed E-state index contributed by atoms with van der Waals surface area (Å²) in [6.45, 7) is 6.18. The largest absolute Gasteiger partial charge is 0.325 e. The lowest BCUT2D eigenvalue weighted by atomic mass is 10.0. The number of hydrogen-bond acceptors (Lipinski definition) is 4. The molecule has 2 aromatic carbocycles. The third-order valence-electron chi connectivity index (χ3n) is 5.29. The van der Waals surface area contributed by atoms with Crippen LogP contribution < -0.4 is 14.9 Å². The zero-order chi connectivity index (χ0) is 23.5. The first-order chi connectivity index (χ1) is 15.1. The van der Waals surface area contributed by atoms with E-state index in [2.05, 4.69) is 10.0 Å². The molecule has 0 bridgehead atoms. The Balaban J connectivity index is 1.80. The fourth-order valence-corrected chi connectivity index (χ4v) is 5.08. The number of amides is 2. The number of carbonyl (C=O) groups is 2. The Labute approximate surface area is 194 Å². The monoisotopic (exact) mass is 477 g/mol. The van der Waals surface area contributed by atoms with Crippen LogP contribution in [0.25, 0.3) is 0 Å². The van der Waals surface area contributed by atoms with Gasteiger partial charge in [0.25, 0.3) is 0 Å². The normalized spacial score (nSPS) is 14.3. The van der Waals surface area contributed by atoms with Crippen molar-refractivity contribution in [1.82, 2.24) is 4.72 Å². The average molecular weight is 478 g/mol. The van der Waals surface area contributed by atoms with Crippen molar-refractivity contribution in [3.8, 4) is 0 Å². The van der Waals surface area contributed by atoms with Crippen LogP contribution >= 0.6 is 11.6 Å². The molecule has 0 aliphatic carbocycles. The molecular weight excluding hydrogens is 450 g/mol. The van der Waals surface area contributed by atoms with Gasteiger partial charge in [0.2, 0.25) is 21.8 Å². The van der Waals surface area contributed by atoms with E-state index in [1.54, 1.807) is 48.2 Å². The number of fused-ring (bicyclic) bond motifs is 1. The summed E-state index contributed by atoms with van der Waals surface area (Å²) in [5.74, 6) is -0.342. The number of benzene rings is 2. The molecule has 1 aliphatic rings. The maximum atomic E-state index is 13.1. The molecule has 2 aromatic rings. The van der Waals surface area contributed by atoms with E-state index >= 15 is 0 Å². The van der Waals surface area contributed by atoms with Crippen LogP contribution in [0, 0.1) is 5.92 Å². The first-order valence-electron chi connectivity index (χ1n) is 10.6. The van der Waals surface area contributed by atoms with Crippen LogP contribution in [0.4, 0.5) is 11.4 Å². The molecule has 32 heavy (non-hydrogen) atoms. The Bertz CT molecular complexity index is 1100. The van der Waals surface area contributed by atoms with E-state index in [1.807, 2.05) is 13.8 Å². The molecule has 0 unspecified atom stereocenters. The van der Waals surface area contributed by atoms with E-state index in [0.717, 1.165) is 11.3 Å². The molecule has 1 atom stereocenters. The standard InChI is InChI=1S/C23H28ClN3O4S/c1-4-22(28)27-12-11-16-14-19(9-10-21(16)27)32(30,31)26-20(13-15(2)3)23(29)25-18-7-5-17(24)6-8-18/h5-10,14-15,20,26H,4,11-13H2,1-3H3,(H,25,29)/t20-/m1/s1. The third kappa shape index (κ3) is 5.68. The van der Waals surface area contributed by atoms with Gasteiger partial charge < -0.3 is 10.2 Å². The van der Waals surface area contributed by atoms with E-state index in [4.69, 9.17) is 11.6 Å². The van der Waals surface area contributed by atoms with E-state index < -0.39 is 22.0 Å². The molecule has 0 fully saturated rings. The number of halogens is 1. The van der Waals surface area contributed by atoms with Gasteiger partial charge in [-0.1, -0.05) is 32.4 Å². The number of nitrogens with one attached hydrogen (secondary N) is 2. The van der Waals surface area contributed by atoms with Crippen molar-refractivity contribution in [2.24, 2.45) is 5.92 Å². The molecular formula is C23H28ClN3O4S. The van der Waals surface area contributed by atoms with Gasteiger partial charge in [0.1, 0.15) is 6.04 Å². The van der Waals surface area contributed by atoms with Crippen molar-refractivity contribution < 1.29 is 18.0 Å². The molecule has 3 rings (SSSR count). The molecule has 1 aliphatic heterocycles. The quantitative estimate of drug-likeness (QED) is 0.601. The minimum absolute atomic E-state index is 0.00773. The Kier molecular flexibility index (Phi) is 7.59. The van der Waals surface area contributed by atoms with Gasteiger partial charge >= 0.3 is 0 Å². The fourth-order valence-electron chi connectivity index (χ4n) is 3.69. The molecule has 0 saturated heterocycles. The Morgan fingerprint density at radius 3 is 2.44 bits per heavy atom. The summed E-state index contributed by atoms with van der Waals surface area (Å²) in [5.41, 5.74) is 2.08. The summed E-state index contributed by atoms with van der Waals surface area (Å²) in [7, 11) is -3.95. The lowest BCUT2D eigenvalue weighted by Crippen LogP contribution is -2.44. The van der Waals surface area contributed by atoms with E-state index in [1.165, 1.54) is 6.07 Å². The number of hydrogen-bond donors (Lipinski definition) is 2. The predicted molar refractivity (Wildman–Crippen MR) is 126 cm³/mol. The lowest BCUT2D eigenvalue weighted by molar-refractivity contribution is -0.118. The molecule has 0 saturated carbocycles. The summed E-state index contributed by atoms with van der Waals surface area (Å²) >= 11 is 5.88. The number of rotatable bonds is 8. The minimum Gasteiger partial charge on any atom is -0.325 e. The molecule has 0 aromatic heterocycles. The Hall–Kier alpha value is -2.42. The van der Waals surface area contributed by atoms with E-state index in [0.29, 0.717) is 36.5 Å². The number of sulfonamides is 1. The predicted octanol–water partition coefficient (Wildman–Crippen LogP) is 3.97. The van der Waals surface area contributed by atoms with Gasteiger partial charge in [-0.2, -0.15) is 4.72 Å². The number of carbonyl (C=O) groups excluding carboxylic acids is 2. The highest BCUT2D eigenvalue weighted by atomic mass is 35.5. The molecule has 7 nitrogen and oxygen atoms in total. The number of anilines is 2. The first kappa shape index (κ1) is 24.2. The molecule has 0 spiro atoms. The topological polar surface area (TPSA) is 95.6 Å². The zero-order valence-electron chi connectivity index (χ0n) is 18.4. The molecule has 9 heteroatoms. The lowest BCUT2D eigenvalue weighted by Gasteiger charge is -2.21. The highest BCUT2D eigenvalue weighted by Crippen LogP contribution is 2.31. The molecule has 2 amide bonds. The van der Waals surface area contributed by atoms with Crippen LogP contribution in [0.2, 0.25) is 5.02 Å². The highest BCUT2D eigenvalue weighted by molar-refractivity contribution is 7.89. The maximum Gasteiger partial charge on any atom is 0.242 e. The van der Waals surface area contributed by atoms with Crippen molar-refractivity contribution in [3.63, 3.8) is 0 Å². The van der Waals surface area contributed by atoms with Crippen LogP contribution in [0.5, 0.6) is 0 Å². The summed E-state index contributed by atoms with van der Waals surface area (Å²) in [5, 5.41) is 3.29. The van der Waals surface area contributed by atoms with Gasteiger partial charge in [-0.3, -0.25) is 9.59 Å². The molecule has 172 valence electrons. The average Bonchev–Trinajstić information content (AvgIpc) is 3.17. The van der Waals surface area contributed by atoms with Crippen LogP contribution in [-0.4, -0.2) is 32.8 Å². The SMILES string of the molecule is CCC(=O)N1CCc2cc(S(=O)(=O)N[C@H](CC(C)C)C(=O)Nc3ccc(Cl)cc3)ccc21. The van der Waals surface area contributed by atoms with Crippen molar-refractivity contribution in [2.45, 2.75) is 51.0 Å². The first-order valence-corrected chi connectivity index (χ1v) is 12.5. The van der Waals surface area contributed by atoms with Crippen molar-refractivity contribution in [2.75, 3.05) is 16.8 Å². The van der Waals surface area contributed by atoms with Gasteiger partial charge in [0.15, 0.2) is 0 Å². The van der Waals surface area contributed by atoms with Gasteiger partial charge in [0, 0.05) is 29.4 Å². The Morgan fingerprint density at radius 2 is 1.81 bits per heavy atom. The molecule has 2 N–H and O–H groups in total. The van der Waals surface area contributed by atoms with Gasteiger partial charge in [-0.25, -0.2) is 8.42 Å². The third-order valence-corrected chi connectivity index (χ3v) is 7.01. The fraction of sp³-hybridized carbons (Fsp3) is 0.391. The maximum absolute atomic E-state index is 13.1. The van der Waals surface area contributed by atoms with Crippen LogP contribution in [0.1, 0.15) is 39.2 Å². The second-order valence-electron chi connectivity index (χ2n) is 8.24. The zero-order valence-corrected chi connectivity index (χ0v) is 20.0. The second-order valence-corrected chi connectivity index (χ2v) is 10.4. The number of nitrogens with zero attached hydrogens (tertiary/aromatic N) is 1. The second kappa shape index (κ2) is 10.0. The Morgan fingerprint density at radius 1 is 1.12 bits per heavy atom. The van der Waals surface area contributed by atoms with Crippen LogP contribution in [-0.2, 0) is 26.0 Å². The minimum atomic E-state index is -3.95. The van der Waals surface area contributed by atoms with Crippen molar-refractivity contribution >= 4 is 44.8 Å². The van der Waals surface area contributed by atoms with Gasteiger partial charge in [-0.05, 0) is 66.8 Å². The van der Waals surface area contributed by atoms with Crippen molar-refractivity contribution in [3.05, 3.63) is 53.1 Å². The van der Waals surface area contributed by atoms with E-state index in [-0.39, 0.29) is 16.7 Å². The van der Waals surface area contributed by atoms with Crippen molar-refractivity contribution in [1.29, 1.82) is 0 Å². The summed E-state index contributed by atoms with van der Waals surface area (Å²) in [4.78, 5) is 26.7.